The Hall–Kier alpha value is -2.76. The van der Waals surface area contributed by atoms with Gasteiger partial charge in [-0.3, -0.25) is 15.2 Å². The van der Waals surface area contributed by atoms with Gasteiger partial charge in [0.1, 0.15) is 12.0 Å². The summed E-state index contributed by atoms with van der Waals surface area (Å²) in [6, 6.07) is 7.53. The molecule has 2 aromatic heterocycles. The summed E-state index contributed by atoms with van der Waals surface area (Å²) in [5, 5.41) is 0. The Morgan fingerprint density at radius 3 is 2.89 bits per heavy atom. The number of nitrogens with zero attached hydrogens (tertiary/aromatic N) is 4. The van der Waals surface area contributed by atoms with Crippen molar-refractivity contribution >= 4 is 16.9 Å². The van der Waals surface area contributed by atoms with Gasteiger partial charge in [-0.05, 0) is 12.1 Å². The van der Waals surface area contributed by atoms with E-state index in [0.717, 1.165) is 11.0 Å². The van der Waals surface area contributed by atoms with Crippen LogP contribution in [0, 0.1) is 0 Å². The van der Waals surface area contributed by atoms with E-state index >= 15 is 0 Å². The number of hydrogen-bond donors (Lipinski definition) is 1. The minimum absolute atomic E-state index is 0.260. The summed E-state index contributed by atoms with van der Waals surface area (Å²) in [5.41, 5.74) is 4.60. The van der Waals surface area contributed by atoms with Crippen LogP contribution in [0.15, 0.2) is 49.2 Å². The van der Waals surface area contributed by atoms with Crippen LogP contribution in [0.25, 0.3) is 11.0 Å². The zero-order valence-electron chi connectivity index (χ0n) is 9.32. The number of rotatable bonds is 2. The molecule has 3 aromatic rings. The molecule has 0 aliphatic rings. The van der Waals surface area contributed by atoms with E-state index in [1.165, 1.54) is 18.6 Å². The SMILES string of the molecule is O=C(Nn1cnc2ccccc21)c1cnccn1. The highest BCUT2D eigenvalue weighted by Gasteiger charge is 2.09. The molecule has 1 amide bonds. The molecule has 6 heteroatoms. The van der Waals surface area contributed by atoms with Crippen molar-refractivity contribution in [3.05, 3.63) is 54.9 Å². The highest BCUT2D eigenvalue weighted by atomic mass is 16.2. The number of nitrogens with one attached hydrogen (secondary N) is 1. The number of aromatic nitrogens is 4. The Bertz CT molecular complexity index is 692. The lowest BCUT2D eigenvalue weighted by Crippen LogP contribution is -2.23. The first-order chi connectivity index (χ1) is 8.84. The lowest BCUT2D eigenvalue weighted by molar-refractivity contribution is 0.100. The van der Waals surface area contributed by atoms with Gasteiger partial charge in [-0.1, -0.05) is 12.1 Å². The molecule has 3 rings (SSSR count). The van der Waals surface area contributed by atoms with Crippen molar-refractivity contribution < 1.29 is 4.79 Å². The highest BCUT2D eigenvalue weighted by molar-refractivity contribution is 5.98. The fraction of sp³-hybridized carbons (Fsp3) is 0. The molecular formula is C12H9N5O. The van der Waals surface area contributed by atoms with Crippen molar-refractivity contribution in [1.29, 1.82) is 0 Å². The average molecular weight is 239 g/mol. The Balaban J connectivity index is 1.91. The van der Waals surface area contributed by atoms with Crippen LogP contribution < -0.4 is 5.43 Å². The smallest absolute Gasteiger partial charge is 0.266 e. The zero-order chi connectivity index (χ0) is 12.4. The molecule has 0 saturated heterocycles. The van der Waals surface area contributed by atoms with Gasteiger partial charge in [-0.2, -0.15) is 0 Å². The highest BCUT2D eigenvalue weighted by Crippen LogP contribution is 2.10. The second-order valence-electron chi connectivity index (χ2n) is 3.63. The lowest BCUT2D eigenvalue weighted by Gasteiger charge is -2.05. The molecule has 1 aromatic carbocycles. The molecule has 18 heavy (non-hydrogen) atoms. The van der Waals surface area contributed by atoms with E-state index in [1.807, 2.05) is 24.3 Å². The summed E-state index contributed by atoms with van der Waals surface area (Å²) in [5.74, 6) is -0.328. The van der Waals surface area contributed by atoms with Gasteiger partial charge in [-0.15, -0.1) is 0 Å². The number of benzene rings is 1. The first-order valence-electron chi connectivity index (χ1n) is 5.34. The van der Waals surface area contributed by atoms with Gasteiger partial charge in [0.15, 0.2) is 0 Å². The predicted molar refractivity (Wildman–Crippen MR) is 65.5 cm³/mol. The van der Waals surface area contributed by atoms with Crippen molar-refractivity contribution in [2.75, 3.05) is 5.43 Å². The normalized spacial score (nSPS) is 10.4. The molecule has 1 N–H and O–H groups in total. The van der Waals surface area contributed by atoms with Crippen molar-refractivity contribution in [3.8, 4) is 0 Å². The van der Waals surface area contributed by atoms with Crippen LogP contribution in [0.4, 0.5) is 0 Å². The van der Waals surface area contributed by atoms with Crippen LogP contribution in [0.5, 0.6) is 0 Å². The van der Waals surface area contributed by atoms with Gasteiger partial charge in [0.2, 0.25) is 0 Å². The maximum absolute atomic E-state index is 11.9. The van der Waals surface area contributed by atoms with E-state index in [0.29, 0.717) is 0 Å². The zero-order valence-corrected chi connectivity index (χ0v) is 9.32. The molecule has 0 atom stereocenters. The van der Waals surface area contributed by atoms with Gasteiger partial charge >= 0.3 is 0 Å². The number of amides is 1. The van der Waals surface area contributed by atoms with E-state index in [-0.39, 0.29) is 11.6 Å². The molecular weight excluding hydrogens is 230 g/mol. The Morgan fingerprint density at radius 2 is 2.06 bits per heavy atom. The number of para-hydroxylation sites is 2. The predicted octanol–water partition coefficient (Wildman–Crippen LogP) is 1.21. The second-order valence-corrected chi connectivity index (χ2v) is 3.63. The van der Waals surface area contributed by atoms with Crippen molar-refractivity contribution in [2.45, 2.75) is 0 Å². The number of carbonyl (C=O) groups is 1. The standard InChI is InChI=1S/C12H9N5O/c18-12(10-7-13-5-6-14-10)16-17-8-15-9-3-1-2-4-11(9)17/h1-8H,(H,16,18). The third kappa shape index (κ3) is 1.80. The van der Waals surface area contributed by atoms with E-state index in [4.69, 9.17) is 0 Å². The Labute approximate surface area is 102 Å². The molecule has 0 aliphatic heterocycles. The number of fused-ring (bicyclic) bond motifs is 1. The third-order valence-electron chi connectivity index (χ3n) is 2.47. The topological polar surface area (TPSA) is 72.7 Å². The molecule has 2 heterocycles. The quantitative estimate of drug-likeness (QED) is 0.729. The van der Waals surface area contributed by atoms with E-state index < -0.39 is 0 Å². The molecule has 0 unspecified atom stereocenters. The Morgan fingerprint density at radius 1 is 1.17 bits per heavy atom. The third-order valence-corrected chi connectivity index (χ3v) is 2.47. The molecule has 0 saturated carbocycles. The Kier molecular flexibility index (Phi) is 2.45. The van der Waals surface area contributed by atoms with Crippen LogP contribution in [-0.4, -0.2) is 25.5 Å². The minimum Gasteiger partial charge on any atom is -0.266 e. The molecule has 0 bridgehead atoms. The van der Waals surface area contributed by atoms with Crippen molar-refractivity contribution in [1.82, 2.24) is 19.6 Å². The summed E-state index contributed by atoms with van der Waals surface area (Å²) in [6.45, 7) is 0. The molecule has 0 radical (unpaired) electrons. The lowest BCUT2D eigenvalue weighted by atomic mass is 10.3. The van der Waals surface area contributed by atoms with Crippen LogP contribution >= 0.6 is 0 Å². The van der Waals surface area contributed by atoms with Crippen LogP contribution in [-0.2, 0) is 0 Å². The summed E-state index contributed by atoms with van der Waals surface area (Å²) in [6.07, 6.45) is 5.96. The minimum atomic E-state index is -0.328. The monoisotopic (exact) mass is 239 g/mol. The first-order valence-corrected chi connectivity index (χ1v) is 5.34. The van der Waals surface area contributed by atoms with Crippen molar-refractivity contribution in [2.24, 2.45) is 0 Å². The maximum atomic E-state index is 11.9. The summed E-state index contributed by atoms with van der Waals surface area (Å²) in [7, 11) is 0. The van der Waals surface area contributed by atoms with E-state index in [2.05, 4.69) is 20.4 Å². The fourth-order valence-electron chi connectivity index (χ4n) is 1.63. The maximum Gasteiger partial charge on any atom is 0.290 e. The molecule has 6 nitrogen and oxygen atoms in total. The van der Waals surface area contributed by atoms with Gasteiger partial charge in [0.25, 0.3) is 5.91 Å². The number of carbonyl (C=O) groups excluding carboxylic acids is 1. The van der Waals surface area contributed by atoms with Crippen LogP contribution in [0.1, 0.15) is 10.5 Å². The van der Waals surface area contributed by atoms with Gasteiger partial charge in [-0.25, -0.2) is 14.6 Å². The average Bonchev–Trinajstić information content (AvgIpc) is 2.83. The molecule has 88 valence electrons. The molecule has 0 aliphatic carbocycles. The first kappa shape index (κ1) is 10.4. The van der Waals surface area contributed by atoms with Gasteiger partial charge in [0.05, 0.1) is 17.2 Å². The summed E-state index contributed by atoms with van der Waals surface area (Å²) < 4.78 is 1.56. The van der Waals surface area contributed by atoms with Crippen LogP contribution in [0.2, 0.25) is 0 Å². The second kappa shape index (κ2) is 4.25. The van der Waals surface area contributed by atoms with E-state index in [9.17, 15) is 4.79 Å². The van der Waals surface area contributed by atoms with Gasteiger partial charge < -0.3 is 0 Å². The van der Waals surface area contributed by atoms with E-state index in [1.54, 1.807) is 11.0 Å². The largest absolute Gasteiger partial charge is 0.290 e. The molecule has 0 fully saturated rings. The molecule has 0 spiro atoms. The van der Waals surface area contributed by atoms with Crippen molar-refractivity contribution in [3.63, 3.8) is 0 Å². The summed E-state index contributed by atoms with van der Waals surface area (Å²) in [4.78, 5) is 23.9. The fourth-order valence-corrected chi connectivity index (χ4v) is 1.63. The number of imidazole rings is 1. The summed E-state index contributed by atoms with van der Waals surface area (Å²) >= 11 is 0. The number of hydrogen-bond acceptors (Lipinski definition) is 4. The van der Waals surface area contributed by atoms with Gasteiger partial charge in [0, 0.05) is 12.4 Å². The van der Waals surface area contributed by atoms with Crippen LogP contribution in [0.3, 0.4) is 0 Å².